The van der Waals surface area contributed by atoms with Gasteiger partial charge in [-0.25, -0.2) is 4.79 Å². The molecule has 2 atom stereocenters. The number of fused-ring (bicyclic) bond motifs is 1. The van der Waals surface area contributed by atoms with Crippen LogP contribution in [-0.4, -0.2) is 18.1 Å². The lowest BCUT2D eigenvalue weighted by Gasteiger charge is -2.20. The van der Waals surface area contributed by atoms with Gasteiger partial charge in [0.15, 0.2) is 0 Å². The Bertz CT molecular complexity index is 619. The van der Waals surface area contributed by atoms with Gasteiger partial charge in [-0.15, -0.1) is 0 Å². The topological polar surface area (TPSA) is 41.1 Å². The first-order valence-electron chi connectivity index (χ1n) is 6.00. The molecule has 2 N–H and O–H groups in total. The summed E-state index contributed by atoms with van der Waals surface area (Å²) in [6.07, 6.45) is 0.478. The fourth-order valence-corrected chi connectivity index (χ4v) is 2.39. The molecule has 1 aliphatic carbocycles. The minimum absolute atomic E-state index is 0.0656. The number of hydrogen-bond donors (Lipinski definition) is 2. The van der Waals surface area contributed by atoms with Gasteiger partial charge in [0.25, 0.3) is 0 Å². The zero-order valence-electron chi connectivity index (χ0n) is 10.2. The predicted octanol–water partition coefficient (Wildman–Crippen LogP) is 2.51. The molecule has 103 valence electrons. The third-order valence-electron chi connectivity index (χ3n) is 3.31. The Morgan fingerprint density at radius 3 is 2.70 bits per heavy atom. The summed E-state index contributed by atoms with van der Waals surface area (Å²) in [5, 5.41) is 5.31. The van der Waals surface area contributed by atoms with Crippen molar-refractivity contribution < 1.29 is 18.0 Å². The third kappa shape index (κ3) is 2.17. The zero-order valence-corrected chi connectivity index (χ0v) is 10.2. The number of amides is 2. The van der Waals surface area contributed by atoms with Crippen LogP contribution in [0.2, 0.25) is 0 Å². The summed E-state index contributed by atoms with van der Waals surface area (Å²) in [5.41, 5.74) is -0.210. The number of nitrogens with one attached hydrogen (secondary N) is 2. The second-order valence-corrected chi connectivity index (χ2v) is 4.62. The highest BCUT2D eigenvalue weighted by atomic mass is 19.4. The van der Waals surface area contributed by atoms with Crippen molar-refractivity contribution >= 4 is 11.6 Å². The molecule has 1 radical (unpaired) electrons. The van der Waals surface area contributed by atoms with Gasteiger partial charge in [-0.05, 0) is 29.3 Å². The minimum Gasteiger partial charge on any atom is -0.330 e. The van der Waals surface area contributed by atoms with Gasteiger partial charge < -0.3 is 10.6 Å². The minimum atomic E-state index is -4.42. The average Bonchev–Trinajstić information content (AvgIpc) is 2.76. The van der Waals surface area contributed by atoms with Crippen LogP contribution >= 0.6 is 0 Å². The van der Waals surface area contributed by atoms with Crippen LogP contribution in [-0.2, 0) is 6.18 Å². The van der Waals surface area contributed by atoms with E-state index in [2.05, 4.69) is 16.7 Å². The number of hydrogen-bond acceptors (Lipinski definition) is 1. The summed E-state index contributed by atoms with van der Waals surface area (Å²) >= 11 is 0. The first kappa shape index (κ1) is 12.8. The summed E-state index contributed by atoms with van der Waals surface area (Å²) in [5.74, 6) is 0. The van der Waals surface area contributed by atoms with Crippen molar-refractivity contribution in [3.8, 4) is 0 Å². The number of allylic oxidation sites excluding steroid dienone is 2. The second kappa shape index (κ2) is 4.40. The fraction of sp³-hybridized carbons (Fsp3) is 0.214. The van der Waals surface area contributed by atoms with Crippen LogP contribution in [0.5, 0.6) is 0 Å². The van der Waals surface area contributed by atoms with Gasteiger partial charge in [0.2, 0.25) is 0 Å². The smallest absolute Gasteiger partial charge is 0.330 e. The number of rotatable bonds is 1. The van der Waals surface area contributed by atoms with Crippen molar-refractivity contribution in [2.24, 2.45) is 0 Å². The van der Waals surface area contributed by atoms with Gasteiger partial charge in [-0.3, -0.25) is 0 Å². The largest absolute Gasteiger partial charge is 0.417 e. The van der Waals surface area contributed by atoms with Crippen molar-refractivity contribution in [3.63, 3.8) is 0 Å². The molecule has 1 heterocycles. The van der Waals surface area contributed by atoms with Crippen LogP contribution in [0.1, 0.15) is 11.1 Å². The molecule has 1 aliphatic heterocycles. The average molecular weight is 279 g/mol. The Balaban J connectivity index is 2.01. The quantitative estimate of drug-likeness (QED) is 0.815. The maximum absolute atomic E-state index is 13.0. The van der Waals surface area contributed by atoms with E-state index in [1.54, 1.807) is 18.2 Å². The Kier molecular flexibility index (Phi) is 2.81. The van der Waals surface area contributed by atoms with Gasteiger partial charge in [0, 0.05) is 0 Å². The molecule has 6 heteroatoms. The van der Waals surface area contributed by atoms with Crippen LogP contribution in [0.3, 0.4) is 0 Å². The molecule has 1 saturated heterocycles. The molecule has 0 spiro atoms. The first-order chi connectivity index (χ1) is 9.45. The maximum atomic E-state index is 13.0. The second-order valence-electron chi connectivity index (χ2n) is 4.62. The summed E-state index contributed by atoms with van der Waals surface area (Å²) in [4.78, 5) is 11.2. The number of carbonyl (C=O) groups is 1. The predicted molar refractivity (Wildman–Crippen MR) is 66.6 cm³/mol. The molecular formula is C14H10F3N2O. The Labute approximate surface area is 113 Å². The van der Waals surface area contributed by atoms with Gasteiger partial charge >= 0.3 is 12.2 Å². The van der Waals surface area contributed by atoms with Crippen molar-refractivity contribution in [1.82, 2.24) is 10.6 Å². The normalized spacial score (nSPS) is 24.8. The summed E-state index contributed by atoms with van der Waals surface area (Å²) < 4.78 is 39.0. The molecule has 1 fully saturated rings. The summed E-state index contributed by atoms with van der Waals surface area (Å²) in [7, 11) is 0. The lowest BCUT2D eigenvalue weighted by atomic mass is 9.91. The molecule has 2 aliphatic rings. The molecule has 2 unspecified atom stereocenters. The van der Waals surface area contributed by atoms with E-state index in [0.29, 0.717) is 5.57 Å². The molecular weight excluding hydrogens is 269 g/mol. The number of benzene rings is 1. The van der Waals surface area contributed by atoms with Crippen LogP contribution in [0.25, 0.3) is 5.57 Å². The molecule has 2 amide bonds. The summed E-state index contributed by atoms with van der Waals surface area (Å²) in [6.45, 7) is 0. The van der Waals surface area contributed by atoms with E-state index in [1.807, 2.05) is 0 Å². The molecule has 1 aromatic rings. The highest BCUT2D eigenvalue weighted by Gasteiger charge is 2.35. The Hall–Kier alpha value is -2.24. The molecule has 0 saturated carbocycles. The zero-order chi connectivity index (χ0) is 14.3. The van der Waals surface area contributed by atoms with Crippen LogP contribution in [0, 0.1) is 6.07 Å². The van der Waals surface area contributed by atoms with Crippen molar-refractivity contribution in [2.45, 2.75) is 18.3 Å². The molecule has 1 aromatic carbocycles. The fourth-order valence-electron chi connectivity index (χ4n) is 2.39. The Morgan fingerprint density at radius 1 is 1.20 bits per heavy atom. The van der Waals surface area contributed by atoms with Crippen LogP contribution < -0.4 is 10.6 Å². The van der Waals surface area contributed by atoms with Gasteiger partial charge in [0.1, 0.15) is 0 Å². The van der Waals surface area contributed by atoms with Crippen molar-refractivity contribution in [3.05, 3.63) is 53.6 Å². The SMILES string of the molecule is O=C1NC2C=CC(c3c[c]ccc3C(F)(F)F)=CC2N1. The molecule has 0 bridgehead atoms. The highest BCUT2D eigenvalue weighted by Crippen LogP contribution is 2.36. The Morgan fingerprint density at radius 2 is 1.95 bits per heavy atom. The van der Waals surface area contributed by atoms with Crippen LogP contribution in [0.15, 0.2) is 36.4 Å². The van der Waals surface area contributed by atoms with Gasteiger partial charge in [-0.1, -0.05) is 24.3 Å². The lowest BCUT2D eigenvalue weighted by molar-refractivity contribution is -0.137. The molecule has 0 aromatic heterocycles. The van der Waals surface area contributed by atoms with E-state index in [0.717, 1.165) is 6.07 Å². The lowest BCUT2D eigenvalue weighted by Crippen LogP contribution is -2.31. The van der Waals surface area contributed by atoms with E-state index >= 15 is 0 Å². The standard InChI is InChI=1S/C14H10F3N2O/c15-14(16,17)10-4-2-1-3-9(10)8-5-6-11-12(7-8)19-13(20)18-11/h2-7,11-12H,(H2,18,19,20). The number of halogens is 3. The third-order valence-corrected chi connectivity index (χ3v) is 3.31. The van der Waals surface area contributed by atoms with E-state index in [1.165, 1.54) is 12.1 Å². The number of urea groups is 1. The van der Waals surface area contributed by atoms with E-state index < -0.39 is 11.7 Å². The molecule has 3 rings (SSSR count). The molecule has 20 heavy (non-hydrogen) atoms. The molecule has 3 nitrogen and oxygen atoms in total. The number of alkyl halides is 3. The van der Waals surface area contributed by atoms with E-state index in [9.17, 15) is 18.0 Å². The van der Waals surface area contributed by atoms with E-state index in [4.69, 9.17) is 0 Å². The summed E-state index contributed by atoms with van der Waals surface area (Å²) in [6, 6.07) is 5.34. The van der Waals surface area contributed by atoms with Gasteiger partial charge in [0.05, 0.1) is 17.6 Å². The first-order valence-corrected chi connectivity index (χ1v) is 6.00. The van der Waals surface area contributed by atoms with E-state index in [-0.39, 0.29) is 23.7 Å². The van der Waals surface area contributed by atoms with Crippen molar-refractivity contribution in [1.29, 1.82) is 0 Å². The monoisotopic (exact) mass is 279 g/mol. The maximum Gasteiger partial charge on any atom is 0.417 e. The van der Waals surface area contributed by atoms with Crippen LogP contribution in [0.4, 0.5) is 18.0 Å². The highest BCUT2D eigenvalue weighted by molar-refractivity contribution is 5.83. The number of carbonyl (C=O) groups excluding carboxylic acids is 1. The van der Waals surface area contributed by atoms with Crippen molar-refractivity contribution in [2.75, 3.05) is 0 Å². The van der Waals surface area contributed by atoms with Gasteiger partial charge in [-0.2, -0.15) is 13.2 Å².